The zero-order chi connectivity index (χ0) is 18.3. The highest BCUT2D eigenvalue weighted by Crippen LogP contribution is 2.38. The maximum Gasteiger partial charge on any atom is 0.280 e. The molecule has 2 heterocycles. The number of fused-ring (bicyclic) bond motifs is 2. The molecule has 5 heteroatoms. The summed E-state index contributed by atoms with van der Waals surface area (Å²) in [7, 11) is 0. The zero-order valence-corrected chi connectivity index (χ0v) is 15.1. The molecule has 0 fully saturated rings. The molecule has 0 spiro atoms. The fourth-order valence-corrected chi connectivity index (χ4v) is 3.82. The smallest absolute Gasteiger partial charge is 0.280 e. The van der Waals surface area contributed by atoms with Crippen LogP contribution in [0.4, 0.5) is 5.69 Å². The quantitative estimate of drug-likeness (QED) is 0.783. The van der Waals surface area contributed by atoms with Crippen LogP contribution in [0.15, 0.2) is 48.5 Å². The molecule has 0 aromatic heterocycles. The van der Waals surface area contributed by atoms with Gasteiger partial charge in [-0.25, -0.2) is 0 Å². The third-order valence-corrected chi connectivity index (χ3v) is 5.27. The Bertz CT molecular complexity index is 879. The lowest BCUT2D eigenvalue weighted by Gasteiger charge is -2.42. The first-order valence-electron chi connectivity index (χ1n) is 9.00. The van der Waals surface area contributed by atoms with Crippen molar-refractivity contribution >= 4 is 17.5 Å². The Morgan fingerprint density at radius 1 is 1.12 bits per heavy atom. The van der Waals surface area contributed by atoms with Crippen LogP contribution in [0.5, 0.6) is 5.75 Å². The summed E-state index contributed by atoms with van der Waals surface area (Å²) < 4.78 is 5.98. The van der Waals surface area contributed by atoms with Gasteiger partial charge in [-0.05, 0) is 43.5 Å². The first kappa shape index (κ1) is 16.6. The number of anilines is 1. The highest BCUT2D eigenvalue weighted by atomic mass is 16.5. The van der Waals surface area contributed by atoms with Gasteiger partial charge in [0.25, 0.3) is 17.4 Å². The molecule has 2 aromatic rings. The van der Waals surface area contributed by atoms with E-state index in [9.17, 15) is 9.59 Å². The minimum Gasteiger partial charge on any atom is -0.465 e. The largest absolute Gasteiger partial charge is 0.465 e. The van der Waals surface area contributed by atoms with E-state index in [2.05, 4.69) is 6.07 Å². The summed E-state index contributed by atoms with van der Waals surface area (Å²) in [5.41, 5.74) is 1.58. The van der Waals surface area contributed by atoms with Crippen LogP contribution in [0.1, 0.15) is 25.0 Å². The molecule has 0 saturated heterocycles. The Morgan fingerprint density at radius 3 is 2.58 bits per heavy atom. The van der Waals surface area contributed by atoms with Crippen molar-refractivity contribution in [2.24, 2.45) is 0 Å². The van der Waals surface area contributed by atoms with Crippen molar-refractivity contribution < 1.29 is 14.3 Å². The van der Waals surface area contributed by atoms with Gasteiger partial charge in [-0.1, -0.05) is 36.4 Å². The highest BCUT2D eigenvalue weighted by molar-refractivity contribution is 6.16. The molecule has 1 unspecified atom stereocenters. The zero-order valence-electron chi connectivity index (χ0n) is 15.1. The van der Waals surface area contributed by atoms with Crippen molar-refractivity contribution in [1.29, 1.82) is 0 Å². The van der Waals surface area contributed by atoms with Gasteiger partial charge >= 0.3 is 0 Å². The van der Waals surface area contributed by atoms with E-state index >= 15 is 0 Å². The summed E-state index contributed by atoms with van der Waals surface area (Å²) in [5, 5.41) is 0. The monoisotopic (exact) mass is 350 g/mol. The topological polar surface area (TPSA) is 49.9 Å². The summed E-state index contributed by atoms with van der Waals surface area (Å²) in [6, 6.07) is 15.5. The van der Waals surface area contributed by atoms with Crippen molar-refractivity contribution in [2.45, 2.75) is 32.4 Å². The van der Waals surface area contributed by atoms with Crippen LogP contribution in [0, 0.1) is 0 Å². The van der Waals surface area contributed by atoms with Gasteiger partial charge in [0, 0.05) is 19.6 Å². The van der Waals surface area contributed by atoms with Gasteiger partial charge in [-0.15, -0.1) is 0 Å². The molecule has 0 bridgehead atoms. The van der Waals surface area contributed by atoms with Crippen LogP contribution in [-0.4, -0.2) is 35.4 Å². The van der Waals surface area contributed by atoms with E-state index in [1.54, 1.807) is 16.7 Å². The van der Waals surface area contributed by atoms with Crippen LogP contribution in [-0.2, 0) is 22.6 Å². The molecular weight excluding hydrogens is 328 g/mol. The maximum absolute atomic E-state index is 13.3. The van der Waals surface area contributed by atoms with Gasteiger partial charge in [0.05, 0.1) is 5.69 Å². The van der Waals surface area contributed by atoms with Crippen LogP contribution < -0.4 is 9.64 Å². The molecular formula is C21H22N2O3. The van der Waals surface area contributed by atoms with Gasteiger partial charge < -0.3 is 14.5 Å². The molecule has 134 valence electrons. The minimum atomic E-state index is -1.53. The molecule has 1 atom stereocenters. The molecule has 0 N–H and O–H groups in total. The van der Waals surface area contributed by atoms with E-state index in [4.69, 9.17) is 4.74 Å². The molecule has 0 radical (unpaired) electrons. The van der Waals surface area contributed by atoms with E-state index in [1.807, 2.05) is 49.4 Å². The molecule has 26 heavy (non-hydrogen) atoms. The average molecular weight is 350 g/mol. The third kappa shape index (κ3) is 2.46. The first-order valence-corrected chi connectivity index (χ1v) is 9.00. The van der Waals surface area contributed by atoms with E-state index in [0.29, 0.717) is 31.1 Å². The summed E-state index contributed by atoms with van der Waals surface area (Å²) in [6.07, 6.45) is 0.792. The second-order valence-corrected chi connectivity index (χ2v) is 6.90. The first-order chi connectivity index (χ1) is 12.5. The standard InChI is InChI=1S/C21H22N2O3/c1-3-23-17-10-6-7-11-18(17)26-21(2,20(23)25)19(24)22-13-12-15-8-4-5-9-16(15)14-22/h4-11H,3,12-14H2,1-2H3. The molecule has 2 aromatic carbocycles. The fraction of sp³-hybridized carbons (Fsp3) is 0.333. The maximum atomic E-state index is 13.3. The molecule has 2 amide bonds. The van der Waals surface area contributed by atoms with Crippen molar-refractivity contribution in [2.75, 3.05) is 18.0 Å². The van der Waals surface area contributed by atoms with E-state index in [1.165, 1.54) is 5.56 Å². The number of hydrogen-bond acceptors (Lipinski definition) is 3. The van der Waals surface area contributed by atoms with Crippen LogP contribution in [0.3, 0.4) is 0 Å². The van der Waals surface area contributed by atoms with Gasteiger partial charge in [0.2, 0.25) is 0 Å². The predicted octanol–water partition coefficient (Wildman–Crippen LogP) is 2.78. The Balaban J connectivity index is 1.66. The van der Waals surface area contributed by atoms with Crippen LogP contribution in [0.25, 0.3) is 0 Å². The van der Waals surface area contributed by atoms with Gasteiger partial charge in [0.1, 0.15) is 5.75 Å². The average Bonchev–Trinajstić information content (AvgIpc) is 2.68. The van der Waals surface area contributed by atoms with E-state index < -0.39 is 5.60 Å². The number of rotatable bonds is 2. The highest BCUT2D eigenvalue weighted by Gasteiger charge is 2.52. The summed E-state index contributed by atoms with van der Waals surface area (Å²) in [4.78, 5) is 29.8. The Kier molecular flexibility index (Phi) is 3.94. The van der Waals surface area contributed by atoms with Crippen LogP contribution in [0.2, 0.25) is 0 Å². The summed E-state index contributed by atoms with van der Waals surface area (Å²) in [6.45, 7) is 5.09. The number of carbonyl (C=O) groups excluding carboxylic acids is 2. The van der Waals surface area contributed by atoms with Crippen molar-refractivity contribution in [1.82, 2.24) is 4.90 Å². The molecule has 4 rings (SSSR count). The van der Waals surface area contributed by atoms with Crippen molar-refractivity contribution in [3.8, 4) is 5.75 Å². The molecule has 0 aliphatic carbocycles. The van der Waals surface area contributed by atoms with Gasteiger partial charge in [-0.3, -0.25) is 9.59 Å². The molecule has 5 nitrogen and oxygen atoms in total. The SMILES string of the molecule is CCN1C(=O)C(C)(C(=O)N2CCc3ccccc3C2)Oc2ccccc21. The third-order valence-electron chi connectivity index (χ3n) is 5.27. The van der Waals surface area contributed by atoms with Gasteiger partial charge in [0.15, 0.2) is 0 Å². The lowest BCUT2D eigenvalue weighted by molar-refractivity contribution is -0.156. The van der Waals surface area contributed by atoms with Crippen molar-refractivity contribution in [3.05, 3.63) is 59.7 Å². The number of ether oxygens (including phenoxy) is 1. The van der Waals surface area contributed by atoms with E-state index in [-0.39, 0.29) is 11.8 Å². The van der Waals surface area contributed by atoms with E-state index in [0.717, 1.165) is 12.0 Å². The second-order valence-electron chi connectivity index (χ2n) is 6.90. The predicted molar refractivity (Wildman–Crippen MR) is 99.1 cm³/mol. The summed E-state index contributed by atoms with van der Waals surface area (Å²) >= 11 is 0. The molecule has 2 aliphatic heterocycles. The number of nitrogens with zero attached hydrogens (tertiary/aromatic N) is 2. The fourth-order valence-electron chi connectivity index (χ4n) is 3.82. The number of para-hydroxylation sites is 2. The Hall–Kier alpha value is -2.82. The molecule has 2 aliphatic rings. The minimum absolute atomic E-state index is 0.273. The lowest BCUT2D eigenvalue weighted by Crippen LogP contribution is -2.63. The number of likely N-dealkylation sites (N-methyl/N-ethyl adjacent to an activating group) is 1. The van der Waals surface area contributed by atoms with Crippen molar-refractivity contribution in [3.63, 3.8) is 0 Å². The number of benzene rings is 2. The second kappa shape index (κ2) is 6.16. The van der Waals surface area contributed by atoms with Crippen LogP contribution >= 0.6 is 0 Å². The Morgan fingerprint density at radius 2 is 1.81 bits per heavy atom. The molecule has 0 saturated carbocycles. The lowest BCUT2D eigenvalue weighted by atomic mass is 9.95. The number of hydrogen-bond donors (Lipinski definition) is 0. The summed E-state index contributed by atoms with van der Waals surface area (Å²) in [5.74, 6) is -0.00488. The number of carbonyl (C=O) groups is 2. The van der Waals surface area contributed by atoms with Gasteiger partial charge in [-0.2, -0.15) is 0 Å². The normalized spacial score (nSPS) is 21.7. The number of amides is 2. The Labute approximate surface area is 153 Å².